The maximum Gasteiger partial charge on any atom is 0.256 e. The van der Waals surface area contributed by atoms with E-state index in [4.69, 9.17) is 0 Å². The van der Waals surface area contributed by atoms with Crippen molar-refractivity contribution in [2.24, 2.45) is 7.05 Å². The van der Waals surface area contributed by atoms with Crippen molar-refractivity contribution in [2.45, 2.75) is 18.6 Å². The van der Waals surface area contributed by atoms with Crippen LogP contribution in [0.5, 0.6) is 0 Å². The van der Waals surface area contributed by atoms with E-state index in [-0.39, 0.29) is 17.2 Å². The number of aryl methyl sites for hydroxylation is 2. The molecule has 0 fully saturated rings. The van der Waals surface area contributed by atoms with Gasteiger partial charge in [-0.25, -0.2) is 9.67 Å². The standard InChI is InChI=1S/C11H15N7O2S/c1-8-5-12-7-18(10(8)20)4-3-13-9(19)6-21-11-14-15-16-17(11)2/h5,7H,3-4,6H2,1-2H3,(H,13,19). The number of thioether (sulfide) groups is 1. The Balaban J connectivity index is 1.76. The Morgan fingerprint density at radius 2 is 2.29 bits per heavy atom. The van der Waals surface area contributed by atoms with E-state index in [1.807, 2.05) is 0 Å². The van der Waals surface area contributed by atoms with Crippen molar-refractivity contribution >= 4 is 17.7 Å². The third-order valence-corrected chi connectivity index (χ3v) is 3.67. The van der Waals surface area contributed by atoms with Crippen molar-refractivity contribution in [1.82, 2.24) is 35.1 Å². The molecule has 2 rings (SSSR count). The highest BCUT2D eigenvalue weighted by Crippen LogP contribution is 2.10. The van der Waals surface area contributed by atoms with Crippen molar-refractivity contribution in [3.63, 3.8) is 0 Å². The maximum absolute atomic E-state index is 11.7. The van der Waals surface area contributed by atoms with Crippen LogP contribution in [0.4, 0.5) is 0 Å². The molecule has 0 spiro atoms. The molecule has 0 aliphatic carbocycles. The molecular weight excluding hydrogens is 294 g/mol. The van der Waals surface area contributed by atoms with E-state index < -0.39 is 0 Å². The van der Waals surface area contributed by atoms with Crippen LogP contribution in [0.3, 0.4) is 0 Å². The van der Waals surface area contributed by atoms with Gasteiger partial charge in [0.05, 0.1) is 12.1 Å². The van der Waals surface area contributed by atoms with Crippen LogP contribution in [0.2, 0.25) is 0 Å². The van der Waals surface area contributed by atoms with Crippen LogP contribution in [0.1, 0.15) is 5.56 Å². The molecule has 9 nitrogen and oxygen atoms in total. The number of nitrogens with zero attached hydrogens (tertiary/aromatic N) is 6. The van der Waals surface area contributed by atoms with E-state index in [1.54, 1.807) is 14.0 Å². The quantitative estimate of drug-likeness (QED) is 0.681. The van der Waals surface area contributed by atoms with Gasteiger partial charge < -0.3 is 5.32 Å². The average molecular weight is 309 g/mol. The van der Waals surface area contributed by atoms with E-state index in [0.29, 0.717) is 23.8 Å². The van der Waals surface area contributed by atoms with Crippen molar-refractivity contribution in [1.29, 1.82) is 0 Å². The van der Waals surface area contributed by atoms with E-state index >= 15 is 0 Å². The molecule has 112 valence electrons. The van der Waals surface area contributed by atoms with Gasteiger partial charge in [-0.3, -0.25) is 14.2 Å². The van der Waals surface area contributed by atoms with Crippen LogP contribution in [0.25, 0.3) is 0 Å². The monoisotopic (exact) mass is 309 g/mol. The zero-order valence-electron chi connectivity index (χ0n) is 11.7. The first-order chi connectivity index (χ1) is 10.1. The smallest absolute Gasteiger partial charge is 0.256 e. The second-order valence-corrected chi connectivity index (χ2v) is 5.24. The van der Waals surface area contributed by atoms with Crippen LogP contribution in [-0.2, 0) is 18.4 Å². The first kappa shape index (κ1) is 15.2. The van der Waals surface area contributed by atoms with E-state index in [0.717, 1.165) is 0 Å². The molecule has 2 aromatic heterocycles. The number of amides is 1. The Kier molecular flexibility index (Phi) is 5.04. The lowest BCUT2D eigenvalue weighted by atomic mass is 10.4. The molecule has 0 saturated heterocycles. The summed E-state index contributed by atoms with van der Waals surface area (Å²) in [5, 5.41) is 14.2. The predicted molar refractivity (Wildman–Crippen MR) is 75.8 cm³/mol. The lowest BCUT2D eigenvalue weighted by Gasteiger charge is -2.07. The molecule has 0 atom stereocenters. The highest BCUT2D eigenvalue weighted by Gasteiger charge is 2.07. The fraction of sp³-hybridized carbons (Fsp3) is 0.455. The van der Waals surface area contributed by atoms with E-state index in [1.165, 1.54) is 33.5 Å². The first-order valence-corrected chi connectivity index (χ1v) is 7.19. The van der Waals surface area contributed by atoms with E-state index in [2.05, 4.69) is 25.8 Å². The minimum Gasteiger partial charge on any atom is -0.354 e. The number of carbonyl (C=O) groups excluding carboxylic acids is 1. The third-order valence-electron chi connectivity index (χ3n) is 2.66. The summed E-state index contributed by atoms with van der Waals surface area (Å²) in [7, 11) is 1.71. The maximum atomic E-state index is 11.7. The number of nitrogens with one attached hydrogen (secondary N) is 1. The van der Waals surface area contributed by atoms with Crippen LogP contribution in [-0.4, -0.2) is 48.0 Å². The summed E-state index contributed by atoms with van der Waals surface area (Å²) in [5.41, 5.74) is 0.480. The van der Waals surface area contributed by atoms with Crippen LogP contribution < -0.4 is 10.9 Å². The normalized spacial score (nSPS) is 10.6. The van der Waals surface area contributed by atoms with Gasteiger partial charge >= 0.3 is 0 Å². The van der Waals surface area contributed by atoms with Gasteiger partial charge in [0.15, 0.2) is 0 Å². The zero-order chi connectivity index (χ0) is 15.2. The molecule has 0 radical (unpaired) electrons. The number of hydrogen-bond donors (Lipinski definition) is 1. The fourth-order valence-electron chi connectivity index (χ4n) is 1.56. The molecule has 2 aromatic rings. The van der Waals surface area contributed by atoms with Gasteiger partial charge in [-0.15, -0.1) is 5.10 Å². The molecule has 21 heavy (non-hydrogen) atoms. The van der Waals surface area contributed by atoms with Crippen molar-refractivity contribution in [3.8, 4) is 0 Å². The predicted octanol–water partition coefficient (Wildman–Crippen LogP) is -1.02. The Hall–Kier alpha value is -2.23. The molecule has 1 amide bonds. The molecular formula is C11H15N7O2S. The summed E-state index contributed by atoms with van der Waals surface area (Å²) >= 11 is 1.25. The lowest BCUT2D eigenvalue weighted by molar-refractivity contribution is -0.118. The Labute approximate surface area is 124 Å². The summed E-state index contributed by atoms with van der Waals surface area (Å²) in [4.78, 5) is 27.4. The average Bonchev–Trinajstić information content (AvgIpc) is 2.87. The van der Waals surface area contributed by atoms with Gasteiger partial charge in [-0.1, -0.05) is 11.8 Å². The summed E-state index contributed by atoms with van der Waals surface area (Å²) in [5.74, 6) is 0.0755. The SMILES string of the molecule is Cc1cncn(CCNC(=O)CSc2nnnn2C)c1=O. The van der Waals surface area contributed by atoms with Gasteiger partial charge in [0.1, 0.15) is 0 Å². The molecule has 2 heterocycles. The van der Waals surface area contributed by atoms with Crippen molar-refractivity contribution in [2.75, 3.05) is 12.3 Å². The summed E-state index contributed by atoms with van der Waals surface area (Å²) in [6.07, 6.45) is 2.98. The number of hydrogen-bond acceptors (Lipinski definition) is 7. The summed E-state index contributed by atoms with van der Waals surface area (Å²) in [6.45, 7) is 2.45. The van der Waals surface area contributed by atoms with E-state index in [9.17, 15) is 9.59 Å². The molecule has 0 saturated carbocycles. The van der Waals surface area contributed by atoms with Gasteiger partial charge in [0.25, 0.3) is 5.56 Å². The summed E-state index contributed by atoms with van der Waals surface area (Å²) < 4.78 is 2.96. The second-order valence-electron chi connectivity index (χ2n) is 4.30. The Bertz CT molecular complexity index is 681. The summed E-state index contributed by atoms with van der Waals surface area (Å²) in [6, 6.07) is 0. The lowest BCUT2D eigenvalue weighted by Crippen LogP contribution is -2.32. The fourth-order valence-corrected chi connectivity index (χ4v) is 2.24. The number of tetrazole rings is 1. The van der Waals surface area contributed by atoms with Crippen LogP contribution in [0.15, 0.2) is 22.5 Å². The van der Waals surface area contributed by atoms with Crippen LogP contribution in [0, 0.1) is 6.92 Å². The zero-order valence-corrected chi connectivity index (χ0v) is 12.5. The minimum absolute atomic E-state index is 0.0983. The molecule has 0 aliphatic rings. The molecule has 0 aromatic carbocycles. The first-order valence-electron chi connectivity index (χ1n) is 6.21. The van der Waals surface area contributed by atoms with Crippen molar-refractivity contribution < 1.29 is 4.79 Å². The van der Waals surface area contributed by atoms with Gasteiger partial charge in [-0.2, -0.15) is 0 Å². The third kappa shape index (κ3) is 4.12. The highest BCUT2D eigenvalue weighted by atomic mass is 32.2. The Morgan fingerprint density at radius 3 is 3.00 bits per heavy atom. The largest absolute Gasteiger partial charge is 0.354 e. The second kappa shape index (κ2) is 6.97. The van der Waals surface area contributed by atoms with Gasteiger partial charge in [-0.05, 0) is 17.4 Å². The molecule has 0 bridgehead atoms. The number of carbonyl (C=O) groups is 1. The Morgan fingerprint density at radius 1 is 1.48 bits per heavy atom. The van der Waals surface area contributed by atoms with Crippen molar-refractivity contribution in [3.05, 3.63) is 28.4 Å². The van der Waals surface area contributed by atoms with Gasteiger partial charge in [0, 0.05) is 31.9 Å². The van der Waals surface area contributed by atoms with Gasteiger partial charge in [0.2, 0.25) is 11.1 Å². The highest BCUT2D eigenvalue weighted by molar-refractivity contribution is 7.99. The number of rotatable bonds is 6. The molecule has 1 N–H and O–H groups in total. The molecule has 0 aliphatic heterocycles. The molecule has 10 heteroatoms. The topological polar surface area (TPSA) is 108 Å². The number of aromatic nitrogens is 6. The molecule has 0 unspecified atom stereocenters. The minimum atomic E-state index is -0.142. The van der Waals surface area contributed by atoms with Crippen LogP contribution >= 0.6 is 11.8 Å².